The van der Waals surface area contributed by atoms with Crippen LogP contribution in [0.1, 0.15) is 39.3 Å². The second-order valence-electron chi connectivity index (χ2n) is 7.53. The molecule has 2 N–H and O–H groups in total. The first kappa shape index (κ1) is 19.6. The fourth-order valence-electron chi connectivity index (χ4n) is 3.86. The molecule has 1 aromatic carbocycles. The van der Waals surface area contributed by atoms with Gasteiger partial charge in [-0.25, -0.2) is 4.68 Å². The lowest BCUT2D eigenvalue weighted by Crippen LogP contribution is -2.54. The minimum Gasteiger partial charge on any atom is -0.379 e. The summed E-state index contributed by atoms with van der Waals surface area (Å²) in [6.07, 6.45) is 3.68. The van der Waals surface area contributed by atoms with Crippen molar-refractivity contribution in [1.29, 1.82) is 0 Å². The van der Waals surface area contributed by atoms with E-state index in [4.69, 9.17) is 0 Å². The number of benzene rings is 1. The van der Waals surface area contributed by atoms with Gasteiger partial charge in [0, 0.05) is 31.4 Å². The summed E-state index contributed by atoms with van der Waals surface area (Å²) in [4.78, 5) is 50.6. The first-order valence-electron chi connectivity index (χ1n) is 9.92. The zero-order valence-electron chi connectivity index (χ0n) is 17.0. The number of nitrogens with one attached hydrogen (secondary N) is 2. The molecule has 1 unspecified atom stereocenters. The molecular formula is C20H18N8O4. The molecule has 5 rings (SSSR count). The Bertz CT molecular complexity index is 1280. The van der Waals surface area contributed by atoms with E-state index in [1.807, 2.05) is 0 Å². The molecular weight excluding hydrogens is 416 g/mol. The number of carbonyl (C=O) groups is 4. The third-order valence-corrected chi connectivity index (χ3v) is 5.40. The van der Waals surface area contributed by atoms with Crippen molar-refractivity contribution in [2.75, 3.05) is 5.32 Å². The molecule has 0 spiro atoms. The average Bonchev–Trinajstić information content (AvgIpc) is 3.47. The number of nitrogens with zero attached hydrogens (tertiary/aromatic N) is 6. The summed E-state index contributed by atoms with van der Waals surface area (Å²) in [5.41, 5.74) is 1.45. The molecule has 2 aliphatic rings. The molecule has 1 atom stereocenters. The van der Waals surface area contributed by atoms with Crippen molar-refractivity contribution < 1.29 is 19.2 Å². The van der Waals surface area contributed by atoms with Gasteiger partial charge < -0.3 is 5.32 Å². The topological polar surface area (TPSA) is 144 Å². The second-order valence-corrected chi connectivity index (χ2v) is 7.53. The monoisotopic (exact) mass is 434 g/mol. The summed E-state index contributed by atoms with van der Waals surface area (Å²) in [5.74, 6) is -1.56. The van der Waals surface area contributed by atoms with Crippen LogP contribution in [-0.2, 0) is 23.2 Å². The second kappa shape index (κ2) is 7.41. The molecule has 1 fully saturated rings. The normalized spacial score (nSPS) is 18.2. The number of carbonyl (C=O) groups excluding carboxylic acids is 4. The van der Waals surface area contributed by atoms with Gasteiger partial charge in [-0.15, -0.1) is 5.10 Å². The van der Waals surface area contributed by atoms with E-state index in [1.54, 1.807) is 48.4 Å². The molecule has 4 amide bonds. The number of aryl methyl sites for hydroxylation is 1. The molecule has 0 radical (unpaired) electrons. The fourth-order valence-corrected chi connectivity index (χ4v) is 3.86. The number of rotatable bonds is 5. The average molecular weight is 434 g/mol. The first-order valence-corrected chi connectivity index (χ1v) is 9.92. The predicted octanol–water partition coefficient (Wildman–Crippen LogP) is 0.0141. The molecule has 2 aromatic heterocycles. The minimum absolute atomic E-state index is 0.0703. The van der Waals surface area contributed by atoms with Crippen molar-refractivity contribution in [2.45, 2.75) is 25.4 Å². The molecule has 32 heavy (non-hydrogen) atoms. The number of fused-ring (bicyclic) bond motifs is 1. The van der Waals surface area contributed by atoms with Crippen LogP contribution in [0.5, 0.6) is 0 Å². The number of hydrogen-bond donors (Lipinski definition) is 2. The Morgan fingerprint density at radius 1 is 1.16 bits per heavy atom. The number of hydrogen-bond acceptors (Lipinski definition) is 8. The lowest BCUT2D eigenvalue weighted by atomic mass is 10.0. The molecule has 0 aliphatic carbocycles. The summed E-state index contributed by atoms with van der Waals surface area (Å²) >= 11 is 0. The zero-order chi connectivity index (χ0) is 22.4. The van der Waals surface area contributed by atoms with Crippen LogP contribution in [0.15, 0.2) is 36.7 Å². The fraction of sp³-hybridized carbons (Fsp3) is 0.250. The quantitative estimate of drug-likeness (QED) is 0.535. The van der Waals surface area contributed by atoms with Gasteiger partial charge in [0.2, 0.25) is 11.8 Å². The van der Waals surface area contributed by atoms with Crippen LogP contribution in [0.25, 0.3) is 5.82 Å². The molecule has 0 bridgehead atoms. The van der Waals surface area contributed by atoms with Crippen LogP contribution in [-0.4, -0.2) is 59.3 Å². The van der Waals surface area contributed by atoms with E-state index < -0.39 is 29.7 Å². The van der Waals surface area contributed by atoms with E-state index >= 15 is 0 Å². The Morgan fingerprint density at radius 2 is 2.00 bits per heavy atom. The Balaban J connectivity index is 1.36. The Hall–Kier alpha value is -4.35. The Labute approximate surface area is 181 Å². The van der Waals surface area contributed by atoms with E-state index in [2.05, 4.69) is 26.0 Å². The molecule has 0 saturated carbocycles. The molecule has 162 valence electrons. The van der Waals surface area contributed by atoms with E-state index in [-0.39, 0.29) is 30.5 Å². The van der Waals surface area contributed by atoms with E-state index in [1.165, 1.54) is 4.68 Å². The van der Waals surface area contributed by atoms with E-state index in [0.29, 0.717) is 17.2 Å². The van der Waals surface area contributed by atoms with Crippen LogP contribution in [0.2, 0.25) is 0 Å². The Kier molecular flexibility index (Phi) is 4.54. The molecule has 1 saturated heterocycles. The van der Waals surface area contributed by atoms with Gasteiger partial charge in [0.15, 0.2) is 5.82 Å². The smallest absolute Gasteiger partial charge is 0.264 e. The van der Waals surface area contributed by atoms with Crippen molar-refractivity contribution in [3.63, 3.8) is 0 Å². The lowest BCUT2D eigenvalue weighted by molar-refractivity contribution is -0.136. The Morgan fingerprint density at radius 3 is 2.75 bits per heavy atom. The highest BCUT2D eigenvalue weighted by Crippen LogP contribution is 2.32. The van der Waals surface area contributed by atoms with Crippen molar-refractivity contribution >= 4 is 29.3 Å². The van der Waals surface area contributed by atoms with Crippen LogP contribution >= 0.6 is 0 Å². The van der Waals surface area contributed by atoms with Crippen LogP contribution in [0.3, 0.4) is 0 Å². The van der Waals surface area contributed by atoms with Gasteiger partial charge in [0.25, 0.3) is 11.8 Å². The molecule has 2 aliphatic heterocycles. The largest absolute Gasteiger partial charge is 0.379 e. The summed E-state index contributed by atoms with van der Waals surface area (Å²) in [7, 11) is 1.80. The predicted molar refractivity (Wildman–Crippen MR) is 109 cm³/mol. The summed E-state index contributed by atoms with van der Waals surface area (Å²) in [6.45, 7) is 0.253. The number of imide groups is 2. The summed E-state index contributed by atoms with van der Waals surface area (Å²) in [5, 5.41) is 17.7. The third-order valence-electron chi connectivity index (χ3n) is 5.40. The maximum Gasteiger partial charge on any atom is 0.264 e. The van der Waals surface area contributed by atoms with E-state index in [0.717, 1.165) is 4.90 Å². The number of anilines is 1. The summed E-state index contributed by atoms with van der Waals surface area (Å²) in [6, 6.07) is 5.67. The molecule has 4 heterocycles. The standard InChI is InChI=1S/C20H18N8O4/c1-26-8-7-15(24-26)27-10-11(23-25-27)9-21-13-4-2-3-12-17(13)20(32)28(19(12)31)14-5-6-16(29)22-18(14)30/h2-4,7-8,10,14,21H,5-6,9H2,1H3,(H,22,29,30). The molecule has 12 nitrogen and oxygen atoms in total. The van der Waals surface area contributed by atoms with Gasteiger partial charge in [0.05, 0.1) is 23.9 Å². The van der Waals surface area contributed by atoms with Crippen LogP contribution in [0.4, 0.5) is 5.69 Å². The van der Waals surface area contributed by atoms with Crippen LogP contribution < -0.4 is 10.6 Å². The highest BCUT2D eigenvalue weighted by molar-refractivity contribution is 6.25. The SMILES string of the molecule is Cn1ccc(-n2cc(CNc3cccc4c3C(=O)N(C3CCC(=O)NC3=O)C4=O)nn2)n1. The van der Waals surface area contributed by atoms with E-state index in [9.17, 15) is 19.2 Å². The highest BCUT2D eigenvalue weighted by atomic mass is 16.2. The maximum atomic E-state index is 13.1. The first-order chi connectivity index (χ1) is 15.4. The van der Waals surface area contributed by atoms with Gasteiger partial charge in [-0.3, -0.25) is 34.1 Å². The van der Waals surface area contributed by atoms with Crippen molar-refractivity contribution in [1.82, 2.24) is 35.0 Å². The van der Waals surface area contributed by atoms with Gasteiger partial charge in [0.1, 0.15) is 11.7 Å². The minimum atomic E-state index is -1.01. The van der Waals surface area contributed by atoms with Crippen LogP contribution in [0, 0.1) is 0 Å². The number of amides is 4. The van der Waals surface area contributed by atoms with Crippen molar-refractivity contribution in [3.8, 4) is 5.82 Å². The van der Waals surface area contributed by atoms with Crippen molar-refractivity contribution in [3.05, 3.63) is 53.5 Å². The van der Waals surface area contributed by atoms with Gasteiger partial charge >= 0.3 is 0 Å². The number of aromatic nitrogens is 5. The highest BCUT2D eigenvalue weighted by Gasteiger charge is 2.45. The lowest BCUT2D eigenvalue weighted by Gasteiger charge is -2.27. The maximum absolute atomic E-state index is 13.1. The van der Waals surface area contributed by atoms with Crippen molar-refractivity contribution in [2.24, 2.45) is 7.05 Å². The van der Waals surface area contributed by atoms with Gasteiger partial charge in [-0.05, 0) is 18.6 Å². The van der Waals surface area contributed by atoms with Gasteiger partial charge in [-0.1, -0.05) is 11.3 Å². The molecule has 3 aromatic rings. The summed E-state index contributed by atoms with van der Waals surface area (Å²) < 4.78 is 3.19. The molecule has 12 heteroatoms. The zero-order valence-corrected chi connectivity index (χ0v) is 17.0. The number of piperidine rings is 1. The van der Waals surface area contributed by atoms with Gasteiger partial charge in [-0.2, -0.15) is 5.10 Å². The third kappa shape index (κ3) is 3.21.